The summed E-state index contributed by atoms with van der Waals surface area (Å²) in [5, 5.41) is 38.7. The molecule has 21 heavy (non-hydrogen) atoms. The first-order valence-corrected chi connectivity index (χ1v) is 6.67. The molecule has 2 rings (SSSR count). The Morgan fingerprint density at radius 1 is 1.29 bits per heavy atom. The van der Waals surface area contributed by atoms with E-state index >= 15 is 0 Å². The third kappa shape index (κ3) is 3.44. The summed E-state index contributed by atoms with van der Waals surface area (Å²) >= 11 is 4.07. The number of hydrogen-bond donors (Lipinski definition) is 4. The molecule has 1 aliphatic heterocycles. The minimum Gasteiger partial charge on any atom is -0.462 e. The van der Waals surface area contributed by atoms with Crippen LogP contribution in [0.4, 0.5) is 5.69 Å². The van der Waals surface area contributed by atoms with Crippen LogP contribution in [0.1, 0.15) is 0 Å². The van der Waals surface area contributed by atoms with Crippen LogP contribution in [-0.2, 0) is 4.74 Å². The number of aliphatic hydroxyl groups excluding tert-OH is 3. The van der Waals surface area contributed by atoms with E-state index < -0.39 is 41.4 Å². The lowest BCUT2D eigenvalue weighted by molar-refractivity contribution is -0.384. The normalized spacial score (nSPS) is 32.7. The second-order valence-electron chi connectivity index (χ2n) is 4.57. The summed E-state index contributed by atoms with van der Waals surface area (Å²) in [7, 11) is 0. The van der Waals surface area contributed by atoms with Gasteiger partial charge in [0, 0.05) is 12.1 Å². The van der Waals surface area contributed by atoms with Gasteiger partial charge in [0.15, 0.2) is 0 Å². The number of ether oxygens (including phenoxy) is 2. The number of nitro benzene ring substituents is 1. The Kier molecular flexibility index (Phi) is 5.01. The van der Waals surface area contributed by atoms with Gasteiger partial charge < -0.3 is 24.8 Å². The maximum Gasteiger partial charge on any atom is 0.269 e. The Balaban J connectivity index is 2.08. The van der Waals surface area contributed by atoms with Gasteiger partial charge in [-0.3, -0.25) is 10.1 Å². The van der Waals surface area contributed by atoms with Crippen molar-refractivity contribution < 1.29 is 29.7 Å². The van der Waals surface area contributed by atoms with Gasteiger partial charge in [0.2, 0.25) is 6.29 Å². The van der Waals surface area contributed by atoms with Crippen LogP contribution in [0.25, 0.3) is 0 Å². The number of non-ortho nitro benzene ring substituents is 1. The van der Waals surface area contributed by atoms with Crippen LogP contribution >= 0.6 is 12.6 Å². The third-order valence-corrected chi connectivity index (χ3v) is 3.79. The highest BCUT2D eigenvalue weighted by atomic mass is 32.1. The molecule has 1 aromatic carbocycles. The van der Waals surface area contributed by atoms with Crippen LogP contribution in [-0.4, -0.2) is 56.7 Å². The molecule has 0 radical (unpaired) electrons. The van der Waals surface area contributed by atoms with Gasteiger partial charge in [-0.1, -0.05) is 0 Å². The van der Waals surface area contributed by atoms with Crippen LogP contribution in [0.5, 0.6) is 5.75 Å². The zero-order chi connectivity index (χ0) is 15.6. The molecule has 1 aromatic rings. The maximum absolute atomic E-state index is 10.5. The lowest BCUT2D eigenvalue weighted by Gasteiger charge is -2.39. The molecule has 0 bridgehead atoms. The van der Waals surface area contributed by atoms with E-state index in [1.54, 1.807) is 0 Å². The number of benzene rings is 1. The van der Waals surface area contributed by atoms with Crippen molar-refractivity contribution in [2.24, 2.45) is 0 Å². The topological polar surface area (TPSA) is 122 Å². The van der Waals surface area contributed by atoms with E-state index in [2.05, 4.69) is 12.6 Å². The van der Waals surface area contributed by atoms with Crippen LogP contribution < -0.4 is 4.74 Å². The molecule has 0 unspecified atom stereocenters. The minimum atomic E-state index is -1.36. The first kappa shape index (κ1) is 16.0. The molecule has 116 valence electrons. The van der Waals surface area contributed by atoms with Gasteiger partial charge in [-0.05, 0) is 12.1 Å². The molecule has 9 heteroatoms. The highest BCUT2D eigenvalue weighted by Crippen LogP contribution is 2.27. The fourth-order valence-corrected chi connectivity index (χ4v) is 2.29. The molecular weight excluding hydrogens is 302 g/mol. The zero-order valence-electron chi connectivity index (χ0n) is 10.8. The van der Waals surface area contributed by atoms with Crippen molar-refractivity contribution in [3.05, 3.63) is 34.4 Å². The molecule has 8 nitrogen and oxygen atoms in total. The highest BCUT2D eigenvalue weighted by Gasteiger charge is 2.43. The van der Waals surface area contributed by atoms with Crippen molar-refractivity contribution in [3.63, 3.8) is 0 Å². The second-order valence-corrected chi connectivity index (χ2v) is 5.16. The summed E-state index contributed by atoms with van der Waals surface area (Å²) in [6.07, 6.45) is -4.59. The van der Waals surface area contributed by atoms with Gasteiger partial charge in [0.05, 0.1) is 22.9 Å². The fraction of sp³-hybridized carbons (Fsp3) is 0.500. The van der Waals surface area contributed by atoms with Crippen LogP contribution in [0.3, 0.4) is 0 Å². The molecule has 1 saturated heterocycles. The maximum atomic E-state index is 10.5. The zero-order valence-corrected chi connectivity index (χ0v) is 11.7. The van der Waals surface area contributed by atoms with E-state index in [-0.39, 0.29) is 11.4 Å². The van der Waals surface area contributed by atoms with Gasteiger partial charge in [0.1, 0.15) is 18.0 Å². The highest BCUT2D eigenvalue weighted by molar-refractivity contribution is 7.81. The van der Waals surface area contributed by atoms with Gasteiger partial charge in [-0.2, -0.15) is 12.6 Å². The molecule has 0 amide bonds. The number of hydrogen-bond acceptors (Lipinski definition) is 8. The molecule has 0 aromatic heterocycles. The van der Waals surface area contributed by atoms with Gasteiger partial charge in [-0.15, -0.1) is 0 Å². The lowest BCUT2D eigenvalue weighted by Crippen LogP contribution is -2.58. The Hall–Kier alpha value is -1.39. The molecule has 3 N–H and O–H groups in total. The molecule has 0 saturated carbocycles. The summed E-state index contributed by atoms with van der Waals surface area (Å²) < 4.78 is 10.7. The van der Waals surface area contributed by atoms with Crippen LogP contribution in [0.2, 0.25) is 0 Å². The number of rotatable bonds is 4. The molecule has 1 fully saturated rings. The van der Waals surface area contributed by atoms with Gasteiger partial charge in [-0.25, -0.2) is 0 Å². The number of nitrogens with zero attached hydrogens (tertiary/aromatic N) is 1. The van der Waals surface area contributed by atoms with Crippen molar-refractivity contribution in [3.8, 4) is 5.75 Å². The Morgan fingerprint density at radius 2 is 1.90 bits per heavy atom. The van der Waals surface area contributed by atoms with Gasteiger partial charge in [0.25, 0.3) is 5.69 Å². The largest absolute Gasteiger partial charge is 0.462 e. The first-order valence-electron chi connectivity index (χ1n) is 6.15. The monoisotopic (exact) mass is 317 g/mol. The van der Waals surface area contributed by atoms with E-state index in [4.69, 9.17) is 14.6 Å². The van der Waals surface area contributed by atoms with Crippen molar-refractivity contribution in [2.45, 2.75) is 29.9 Å². The van der Waals surface area contributed by atoms with Crippen molar-refractivity contribution >= 4 is 18.3 Å². The molecule has 5 atom stereocenters. The summed E-state index contributed by atoms with van der Waals surface area (Å²) in [4.78, 5) is 10.00. The summed E-state index contributed by atoms with van der Waals surface area (Å²) in [6, 6.07) is 5.18. The van der Waals surface area contributed by atoms with Crippen molar-refractivity contribution in [2.75, 3.05) is 6.61 Å². The van der Waals surface area contributed by atoms with E-state index in [0.29, 0.717) is 0 Å². The average Bonchev–Trinajstić information content (AvgIpc) is 2.48. The summed E-state index contributed by atoms with van der Waals surface area (Å²) in [5.41, 5.74) is -0.101. The Bertz CT molecular complexity index is 495. The summed E-state index contributed by atoms with van der Waals surface area (Å²) in [6.45, 7) is -0.391. The molecule has 0 spiro atoms. The number of aliphatic hydroxyl groups is 3. The minimum absolute atomic E-state index is 0.101. The average molecular weight is 317 g/mol. The predicted octanol–water partition coefficient (Wildman–Crippen LogP) is -0.289. The molecular formula is C12H15NO7S. The Morgan fingerprint density at radius 3 is 2.43 bits per heavy atom. The number of thiol groups is 1. The molecule has 1 aliphatic rings. The standard InChI is InChI=1S/C12H15NO7S/c14-5-8-11(21)9(15)10(16)12(20-8)19-7-3-1-6(2-4-7)13(17)18/h1-4,8-12,14-16,21H,5H2/t8-,9-,10-,11+,12+/m1/s1. The van der Waals surface area contributed by atoms with E-state index in [1.807, 2.05) is 0 Å². The lowest BCUT2D eigenvalue weighted by atomic mass is 10.0. The van der Waals surface area contributed by atoms with Crippen LogP contribution in [0.15, 0.2) is 24.3 Å². The van der Waals surface area contributed by atoms with Crippen molar-refractivity contribution in [1.82, 2.24) is 0 Å². The summed E-state index contributed by atoms with van der Waals surface area (Å²) in [5.74, 6) is 0.228. The van der Waals surface area contributed by atoms with E-state index in [0.717, 1.165) is 0 Å². The SMILES string of the molecule is O=[N+]([O-])c1ccc(O[C@H]2O[C@H](CO)[C@H](S)[C@H](O)[C@H]2O)cc1. The first-order chi connectivity index (χ1) is 9.93. The molecule has 0 aliphatic carbocycles. The number of nitro groups is 1. The van der Waals surface area contributed by atoms with E-state index in [1.165, 1.54) is 24.3 Å². The Labute approximate surface area is 125 Å². The van der Waals surface area contributed by atoms with Crippen molar-refractivity contribution in [1.29, 1.82) is 0 Å². The third-order valence-electron chi connectivity index (χ3n) is 3.15. The second kappa shape index (κ2) is 6.58. The van der Waals surface area contributed by atoms with Gasteiger partial charge >= 0.3 is 0 Å². The van der Waals surface area contributed by atoms with Crippen LogP contribution in [0, 0.1) is 10.1 Å². The quantitative estimate of drug-likeness (QED) is 0.342. The van der Waals surface area contributed by atoms with E-state index in [9.17, 15) is 20.3 Å². The fourth-order valence-electron chi connectivity index (χ4n) is 1.95. The molecule has 1 heterocycles. The smallest absolute Gasteiger partial charge is 0.269 e. The predicted molar refractivity (Wildman–Crippen MR) is 74.3 cm³/mol.